The molecule has 3 rings (SSSR count). The van der Waals surface area contributed by atoms with Crippen molar-refractivity contribution in [2.24, 2.45) is 0 Å². The zero-order chi connectivity index (χ0) is 23.8. The van der Waals surface area contributed by atoms with Crippen molar-refractivity contribution >= 4 is 34.3 Å². The molecule has 0 saturated heterocycles. The van der Waals surface area contributed by atoms with Gasteiger partial charge in [0.25, 0.3) is 5.91 Å². The van der Waals surface area contributed by atoms with E-state index in [4.69, 9.17) is 19.5 Å². The summed E-state index contributed by atoms with van der Waals surface area (Å²) in [5.74, 6) is -0.340. The van der Waals surface area contributed by atoms with Crippen LogP contribution in [0.3, 0.4) is 0 Å². The smallest absolute Gasteiger partial charge is 0.341 e. The molecule has 0 radical (unpaired) electrons. The van der Waals surface area contributed by atoms with Crippen molar-refractivity contribution in [3.8, 4) is 23.6 Å². The first-order valence-electron chi connectivity index (χ1n) is 10.4. The van der Waals surface area contributed by atoms with Crippen LogP contribution in [-0.4, -0.2) is 32.2 Å². The van der Waals surface area contributed by atoms with E-state index in [2.05, 4.69) is 5.32 Å². The minimum Gasteiger partial charge on any atom is -0.493 e. The predicted molar refractivity (Wildman–Crippen MR) is 123 cm³/mol. The van der Waals surface area contributed by atoms with Gasteiger partial charge in [-0.1, -0.05) is 6.07 Å². The average Bonchev–Trinajstić information content (AvgIpc) is 3.19. The molecule has 0 atom stereocenters. The molecule has 0 aliphatic heterocycles. The highest BCUT2D eigenvalue weighted by atomic mass is 32.1. The fraction of sp³-hybridized carbons (Fsp3) is 0.333. The summed E-state index contributed by atoms with van der Waals surface area (Å²) in [6.45, 7) is 1.83. The summed E-state index contributed by atoms with van der Waals surface area (Å²) >= 11 is 1.36. The summed E-state index contributed by atoms with van der Waals surface area (Å²) in [6.07, 6.45) is 5.04. The van der Waals surface area contributed by atoms with Crippen LogP contribution in [0.2, 0.25) is 0 Å². The number of hydrogen-bond donors (Lipinski definition) is 1. The number of nitrogens with zero attached hydrogens (tertiary/aromatic N) is 2. The largest absolute Gasteiger partial charge is 0.493 e. The highest BCUT2D eigenvalue weighted by molar-refractivity contribution is 7.17. The molecule has 0 bridgehead atoms. The standard InChI is InChI=1S/C24H23N3O5S/c1-3-31-24(29)21-17-6-4-5-7-20(17)33-23(21)27-22(28)16(14-26)12-15-8-9-18(32-11-10-25)19(13-15)30-2/h8-9,12-13H,3-7,11H2,1-2H3,(H,27,28). The lowest BCUT2D eigenvalue weighted by atomic mass is 9.95. The first kappa shape index (κ1) is 23.8. The highest BCUT2D eigenvalue weighted by Gasteiger charge is 2.27. The lowest BCUT2D eigenvalue weighted by molar-refractivity contribution is -0.112. The van der Waals surface area contributed by atoms with Crippen LogP contribution in [0.1, 0.15) is 46.1 Å². The maximum absolute atomic E-state index is 12.9. The molecule has 8 nitrogen and oxygen atoms in total. The molecule has 1 aromatic carbocycles. The third-order valence-corrected chi connectivity index (χ3v) is 6.24. The number of ether oxygens (including phenoxy) is 3. The molecule has 1 amide bonds. The number of aryl methyl sites for hydroxylation is 1. The van der Waals surface area contributed by atoms with Gasteiger partial charge in [-0.15, -0.1) is 11.3 Å². The number of esters is 1. The fourth-order valence-corrected chi connectivity index (χ4v) is 4.83. The van der Waals surface area contributed by atoms with Crippen molar-refractivity contribution in [3.63, 3.8) is 0 Å². The Labute approximate surface area is 196 Å². The van der Waals surface area contributed by atoms with Crippen LogP contribution >= 0.6 is 11.3 Å². The van der Waals surface area contributed by atoms with Crippen LogP contribution in [0.5, 0.6) is 11.5 Å². The van der Waals surface area contributed by atoms with Crippen molar-refractivity contribution in [2.75, 3.05) is 25.6 Å². The van der Waals surface area contributed by atoms with Crippen molar-refractivity contribution < 1.29 is 23.8 Å². The molecule has 0 fully saturated rings. The lowest BCUT2D eigenvalue weighted by Gasteiger charge is -2.12. The van der Waals surface area contributed by atoms with E-state index in [0.717, 1.165) is 36.1 Å². The number of anilines is 1. The van der Waals surface area contributed by atoms with Crippen LogP contribution in [0, 0.1) is 22.7 Å². The maximum Gasteiger partial charge on any atom is 0.341 e. The molecule has 1 aliphatic rings. The second-order valence-electron chi connectivity index (χ2n) is 7.12. The van der Waals surface area contributed by atoms with Gasteiger partial charge < -0.3 is 19.5 Å². The van der Waals surface area contributed by atoms with Crippen LogP contribution in [0.25, 0.3) is 6.08 Å². The predicted octanol–water partition coefficient (Wildman–Crippen LogP) is 4.26. The zero-order valence-corrected chi connectivity index (χ0v) is 19.2. The zero-order valence-electron chi connectivity index (χ0n) is 18.4. The van der Waals surface area contributed by atoms with E-state index in [-0.39, 0.29) is 18.8 Å². The fourth-order valence-electron chi connectivity index (χ4n) is 3.56. The summed E-state index contributed by atoms with van der Waals surface area (Å²) in [4.78, 5) is 26.6. The molecule has 1 aromatic heterocycles. The number of nitriles is 2. The molecule has 0 unspecified atom stereocenters. The van der Waals surface area contributed by atoms with Gasteiger partial charge in [0.2, 0.25) is 0 Å². The molecule has 1 N–H and O–H groups in total. The number of methoxy groups -OCH3 is 1. The van der Waals surface area contributed by atoms with Crippen LogP contribution < -0.4 is 14.8 Å². The monoisotopic (exact) mass is 465 g/mol. The summed E-state index contributed by atoms with van der Waals surface area (Å²) in [6, 6.07) is 8.64. The van der Waals surface area contributed by atoms with E-state index in [1.165, 1.54) is 24.5 Å². The van der Waals surface area contributed by atoms with Gasteiger partial charge >= 0.3 is 5.97 Å². The minimum atomic E-state index is -0.620. The van der Waals surface area contributed by atoms with E-state index in [9.17, 15) is 14.9 Å². The van der Waals surface area contributed by atoms with E-state index in [1.807, 2.05) is 12.1 Å². The number of thiophene rings is 1. The Morgan fingerprint density at radius 1 is 1.21 bits per heavy atom. The van der Waals surface area contributed by atoms with Crippen LogP contribution in [-0.2, 0) is 22.4 Å². The highest BCUT2D eigenvalue weighted by Crippen LogP contribution is 2.39. The third kappa shape index (κ3) is 5.51. The second-order valence-corrected chi connectivity index (χ2v) is 8.22. The van der Waals surface area contributed by atoms with Crippen molar-refractivity contribution in [2.45, 2.75) is 32.6 Å². The molecule has 0 saturated carbocycles. The Kier molecular flexibility index (Phi) is 8.06. The summed E-state index contributed by atoms with van der Waals surface area (Å²) in [5.41, 5.74) is 1.73. The normalized spacial score (nSPS) is 12.7. The summed E-state index contributed by atoms with van der Waals surface area (Å²) in [7, 11) is 1.45. The quantitative estimate of drug-likeness (QED) is 0.351. The number of rotatable bonds is 8. The SMILES string of the molecule is CCOC(=O)c1c(NC(=O)C(C#N)=Cc2ccc(OCC#N)c(OC)c2)sc2c1CCCC2. The van der Waals surface area contributed by atoms with E-state index >= 15 is 0 Å². The van der Waals surface area contributed by atoms with Crippen LogP contribution in [0.4, 0.5) is 5.00 Å². The van der Waals surface area contributed by atoms with Crippen molar-refractivity contribution in [1.29, 1.82) is 10.5 Å². The third-order valence-electron chi connectivity index (χ3n) is 5.03. The molecule has 2 aromatic rings. The number of fused-ring (bicyclic) bond motifs is 1. The number of amides is 1. The number of hydrogen-bond acceptors (Lipinski definition) is 8. The molecule has 170 valence electrons. The Bertz CT molecular complexity index is 1170. The van der Waals surface area contributed by atoms with Gasteiger partial charge in [0.1, 0.15) is 22.7 Å². The Hall–Kier alpha value is -3.82. The Morgan fingerprint density at radius 2 is 2.00 bits per heavy atom. The molecular weight excluding hydrogens is 442 g/mol. The summed E-state index contributed by atoms with van der Waals surface area (Å²) in [5, 5.41) is 21.4. The van der Waals surface area contributed by atoms with Gasteiger partial charge in [-0.05, 0) is 61.9 Å². The molecule has 1 heterocycles. The van der Waals surface area contributed by atoms with Crippen LogP contribution in [0.15, 0.2) is 23.8 Å². The lowest BCUT2D eigenvalue weighted by Crippen LogP contribution is -2.16. The van der Waals surface area contributed by atoms with Gasteiger partial charge in [-0.25, -0.2) is 4.79 Å². The number of benzene rings is 1. The van der Waals surface area contributed by atoms with Gasteiger partial charge in [0.15, 0.2) is 18.1 Å². The topological polar surface area (TPSA) is 121 Å². The van der Waals surface area contributed by atoms with E-state index in [0.29, 0.717) is 27.6 Å². The Morgan fingerprint density at radius 3 is 2.70 bits per heavy atom. The molecule has 33 heavy (non-hydrogen) atoms. The van der Waals surface area contributed by atoms with E-state index < -0.39 is 11.9 Å². The summed E-state index contributed by atoms with van der Waals surface area (Å²) < 4.78 is 15.8. The molecule has 0 spiro atoms. The van der Waals surface area contributed by atoms with Gasteiger partial charge in [-0.3, -0.25) is 4.79 Å². The number of carbonyl (C=O) groups excluding carboxylic acids is 2. The number of carbonyl (C=O) groups is 2. The second kappa shape index (κ2) is 11.2. The maximum atomic E-state index is 12.9. The molecular formula is C24H23N3O5S. The number of nitrogens with one attached hydrogen (secondary N) is 1. The van der Waals surface area contributed by atoms with Crippen molar-refractivity contribution in [1.82, 2.24) is 0 Å². The minimum absolute atomic E-state index is 0.134. The van der Waals surface area contributed by atoms with E-state index in [1.54, 1.807) is 25.1 Å². The first-order chi connectivity index (χ1) is 16.0. The first-order valence-corrected chi connectivity index (χ1v) is 11.3. The average molecular weight is 466 g/mol. The van der Waals surface area contributed by atoms with Gasteiger partial charge in [-0.2, -0.15) is 10.5 Å². The Balaban J connectivity index is 1.88. The van der Waals surface area contributed by atoms with Gasteiger partial charge in [0.05, 0.1) is 19.3 Å². The molecule has 1 aliphatic carbocycles. The van der Waals surface area contributed by atoms with Gasteiger partial charge in [0, 0.05) is 4.88 Å². The van der Waals surface area contributed by atoms with Crippen molar-refractivity contribution in [3.05, 3.63) is 45.3 Å². The molecule has 9 heteroatoms.